The van der Waals surface area contributed by atoms with Crippen LogP contribution in [0.3, 0.4) is 0 Å². The van der Waals surface area contributed by atoms with Gasteiger partial charge in [-0.1, -0.05) is 120 Å². The van der Waals surface area contributed by atoms with Gasteiger partial charge in [0.05, 0.1) is 13.2 Å². The number of rotatable bonds is 28. The van der Waals surface area contributed by atoms with Gasteiger partial charge in [0.1, 0.15) is 48.9 Å². The minimum atomic E-state index is -1.21. The minimum Gasteiger partial charge on any atom is -0.448 e. The largest absolute Gasteiger partial charge is 0.448 e. The van der Waals surface area contributed by atoms with Crippen LogP contribution in [0.25, 0.3) is 11.1 Å². The molecule has 9 amide bonds. The fraction of sp³-hybridized carbons (Fsp3) is 0.550. The van der Waals surface area contributed by atoms with Crippen LogP contribution in [0.2, 0.25) is 0 Å². The van der Waals surface area contributed by atoms with Gasteiger partial charge in [0.25, 0.3) is 0 Å². The van der Waals surface area contributed by atoms with E-state index in [1.165, 1.54) is 68.6 Å². The second kappa shape index (κ2) is 30.3. The Hall–Kier alpha value is -7.35. The SMILES string of the molecule is CC(C)C[C@H](NC(=O)[C@H](C)N(C)C(=O)OCC1c2ccccc2-c2ccccc21)C(=O)N(C)[C@@H](CC(C)C)C(=O)N[C@@H](C)C(=O)N(C)[C@@H](Cc1ccccc1)C(=O)NCC(=O)N(C)[C@@H](CC(C)C)C(=O)N[C@@H](C)C(=O)N[C@@H](C)CO. The average molecular weight is 1110 g/mol. The first-order valence-corrected chi connectivity index (χ1v) is 27.7. The Morgan fingerprint density at radius 2 is 1.00 bits per heavy atom. The molecule has 0 aliphatic heterocycles. The van der Waals surface area contributed by atoms with Gasteiger partial charge >= 0.3 is 6.09 Å². The summed E-state index contributed by atoms with van der Waals surface area (Å²) in [5.74, 6) is -5.26. The van der Waals surface area contributed by atoms with E-state index in [-0.39, 0.29) is 62.6 Å². The zero-order valence-corrected chi connectivity index (χ0v) is 49.2. The van der Waals surface area contributed by atoms with E-state index in [0.717, 1.165) is 22.3 Å². The fourth-order valence-electron chi connectivity index (χ4n) is 9.63. The summed E-state index contributed by atoms with van der Waals surface area (Å²) in [6.07, 6.45) is -0.0521. The average Bonchev–Trinajstić information content (AvgIpc) is 3.75. The van der Waals surface area contributed by atoms with Crippen LogP contribution < -0.4 is 26.6 Å². The molecule has 438 valence electrons. The second-order valence-corrected chi connectivity index (χ2v) is 22.5. The number of hydrogen-bond donors (Lipinski definition) is 6. The number of aliphatic hydroxyl groups is 1. The molecule has 1 aliphatic rings. The number of aliphatic hydroxyl groups excluding tert-OH is 1. The van der Waals surface area contributed by atoms with Crippen LogP contribution in [-0.4, -0.2) is 174 Å². The van der Waals surface area contributed by atoms with E-state index in [4.69, 9.17) is 4.74 Å². The highest BCUT2D eigenvalue weighted by Gasteiger charge is 2.38. The van der Waals surface area contributed by atoms with Gasteiger partial charge in [0.15, 0.2) is 0 Å². The molecule has 3 aromatic rings. The van der Waals surface area contributed by atoms with Crippen molar-refractivity contribution < 1.29 is 53.0 Å². The Morgan fingerprint density at radius 3 is 1.52 bits per heavy atom. The summed E-state index contributed by atoms with van der Waals surface area (Å²) < 4.78 is 5.81. The van der Waals surface area contributed by atoms with Crippen molar-refractivity contribution in [2.75, 3.05) is 47.9 Å². The maximum atomic E-state index is 14.5. The Balaban J connectivity index is 1.44. The number of ether oxygens (including phenoxy) is 1. The van der Waals surface area contributed by atoms with Crippen LogP contribution >= 0.6 is 0 Å². The quantitative estimate of drug-likeness (QED) is 0.0600. The molecule has 0 saturated heterocycles. The molecule has 0 spiro atoms. The smallest absolute Gasteiger partial charge is 0.410 e. The van der Waals surface area contributed by atoms with Gasteiger partial charge in [0.2, 0.25) is 47.3 Å². The molecule has 0 radical (unpaired) electrons. The highest BCUT2D eigenvalue weighted by molar-refractivity contribution is 5.97. The van der Waals surface area contributed by atoms with Crippen molar-refractivity contribution in [2.24, 2.45) is 17.8 Å². The number of fused-ring (bicyclic) bond motifs is 3. The van der Waals surface area contributed by atoms with Crippen molar-refractivity contribution in [3.63, 3.8) is 0 Å². The van der Waals surface area contributed by atoms with Crippen molar-refractivity contribution in [2.45, 2.75) is 149 Å². The van der Waals surface area contributed by atoms with E-state index in [0.29, 0.717) is 5.56 Å². The van der Waals surface area contributed by atoms with Crippen LogP contribution in [0, 0.1) is 17.8 Å². The van der Waals surface area contributed by atoms with E-state index < -0.39 is 108 Å². The molecule has 80 heavy (non-hydrogen) atoms. The van der Waals surface area contributed by atoms with Crippen LogP contribution in [0.5, 0.6) is 0 Å². The van der Waals surface area contributed by atoms with E-state index in [1.54, 1.807) is 37.3 Å². The molecular formula is C60H87N9O11. The van der Waals surface area contributed by atoms with Crippen LogP contribution in [0.15, 0.2) is 78.9 Å². The van der Waals surface area contributed by atoms with Crippen molar-refractivity contribution in [3.05, 3.63) is 95.6 Å². The lowest BCUT2D eigenvalue weighted by Gasteiger charge is -2.34. The number of carbonyl (C=O) groups excluding carboxylic acids is 9. The zero-order chi connectivity index (χ0) is 59.7. The molecule has 0 fully saturated rings. The predicted molar refractivity (Wildman–Crippen MR) is 305 cm³/mol. The third-order valence-corrected chi connectivity index (χ3v) is 14.5. The standard InChI is InChI=1S/C60H87N9O11/c1-35(2)28-48(65-54(73)41(10)66(11)60(79)80-34-47-45-26-20-18-24-43(45)44-25-19-21-27-46(44)47)59(78)69(14)50(30-37(5)6)57(76)64-40(9)58(77)68(13)51(31-42-22-16-15-17-23-42)55(74)61-32-52(71)67(12)49(29-36(3)4)56(75)63-39(8)53(72)62-38(7)33-70/h15-27,35-41,47-51,70H,28-34H2,1-14H3,(H,61,74)(H,62,72)(H,63,75)(H,64,76)(H,65,73)/t38-,39-,40-,41-,48-,49-,50-,51-/m0/s1. The summed E-state index contributed by atoms with van der Waals surface area (Å²) in [5.41, 5.74) is 4.94. The van der Waals surface area contributed by atoms with Crippen molar-refractivity contribution >= 4 is 53.4 Å². The maximum absolute atomic E-state index is 14.5. The fourth-order valence-corrected chi connectivity index (χ4v) is 9.63. The van der Waals surface area contributed by atoms with Crippen LogP contribution in [0.4, 0.5) is 4.79 Å². The molecule has 0 unspecified atom stereocenters. The van der Waals surface area contributed by atoms with E-state index >= 15 is 0 Å². The number of hydrogen-bond acceptors (Lipinski definition) is 11. The molecule has 8 atom stereocenters. The van der Waals surface area contributed by atoms with Gasteiger partial charge in [-0.2, -0.15) is 0 Å². The van der Waals surface area contributed by atoms with E-state index in [9.17, 15) is 48.3 Å². The van der Waals surface area contributed by atoms with Crippen LogP contribution in [-0.2, 0) is 49.5 Å². The lowest BCUT2D eigenvalue weighted by Crippen LogP contribution is -2.59. The Bertz CT molecular complexity index is 2580. The predicted octanol–water partition coefficient (Wildman–Crippen LogP) is 4.23. The second-order valence-electron chi connectivity index (χ2n) is 22.5. The summed E-state index contributed by atoms with van der Waals surface area (Å²) in [7, 11) is 5.77. The molecule has 20 heteroatoms. The number of likely N-dealkylation sites (N-methyl/N-ethyl adjacent to an activating group) is 4. The summed E-state index contributed by atoms with van der Waals surface area (Å²) in [6.45, 7) is 16.6. The van der Waals surface area contributed by atoms with Gasteiger partial charge < -0.3 is 51.1 Å². The first-order valence-electron chi connectivity index (χ1n) is 27.7. The van der Waals surface area contributed by atoms with Crippen molar-refractivity contribution in [1.29, 1.82) is 0 Å². The molecule has 1 aliphatic carbocycles. The topological polar surface area (TPSA) is 256 Å². The zero-order valence-electron chi connectivity index (χ0n) is 49.2. The Kier molecular flexibility index (Phi) is 24.7. The minimum absolute atomic E-state index is 0.0309. The number of amides is 9. The highest BCUT2D eigenvalue weighted by Crippen LogP contribution is 2.44. The van der Waals surface area contributed by atoms with Crippen molar-refractivity contribution in [3.8, 4) is 11.1 Å². The summed E-state index contributed by atoms with van der Waals surface area (Å²) >= 11 is 0. The monoisotopic (exact) mass is 1110 g/mol. The third-order valence-electron chi connectivity index (χ3n) is 14.5. The lowest BCUT2D eigenvalue weighted by atomic mass is 9.98. The van der Waals surface area contributed by atoms with Gasteiger partial charge in [-0.25, -0.2) is 4.79 Å². The first-order chi connectivity index (χ1) is 37.7. The third kappa shape index (κ3) is 17.8. The molecule has 0 heterocycles. The molecule has 0 saturated carbocycles. The lowest BCUT2D eigenvalue weighted by molar-refractivity contribution is -0.145. The number of carbonyl (C=O) groups is 9. The molecule has 0 bridgehead atoms. The number of nitrogens with zero attached hydrogens (tertiary/aromatic N) is 4. The molecule has 6 N–H and O–H groups in total. The number of nitrogens with one attached hydrogen (secondary N) is 5. The van der Waals surface area contributed by atoms with Gasteiger partial charge in [-0.3, -0.25) is 43.3 Å². The van der Waals surface area contributed by atoms with Gasteiger partial charge in [-0.05, 0) is 92.5 Å². The highest BCUT2D eigenvalue weighted by atomic mass is 16.6. The van der Waals surface area contributed by atoms with Crippen LogP contribution in [0.1, 0.15) is 111 Å². The summed E-state index contributed by atoms with van der Waals surface area (Å²) in [5, 5.41) is 22.8. The molecular weight excluding hydrogens is 1020 g/mol. The first kappa shape index (κ1) is 65.2. The Labute approximate surface area is 472 Å². The van der Waals surface area contributed by atoms with E-state index in [2.05, 4.69) is 26.6 Å². The summed E-state index contributed by atoms with van der Waals surface area (Å²) in [6, 6.07) is 16.7. The number of benzene rings is 3. The molecule has 0 aromatic heterocycles. The molecule has 3 aromatic carbocycles. The summed E-state index contributed by atoms with van der Waals surface area (Å²) in [4.78, 5) is 129. The normalized spacial score (nSPS) is 14.9. The Morgan fingerprint density at radius 1 is 0.512 bits per heavy atom. The van der Waals surface area contributed by atoms with Gasteiger partial charge in [0, 0.05) is 46.6 Å². The maximum Gasteiger partial charge on any atom is 0.410 e. The van der Waals surface area contributed by atoms with Gasteiger partial charge in [-0.15, -0.1) is 0 Å². The van der Waals surface area contributed by atoms with E-state index in [1.807, 2.05) is 90.1 Å². The van der Waals surface area contributed by atoms with Crippen molar-refractivity contribution in [1.82, 2.24) is 46.2 Å². The molecule has 4 rings (SSSR count). The molecule has 20 nitrogen and oxygen atoms in total.